The number of carbonyl (C=O) groups excluding carboxylic acids is 1. The molecule has 1 heterocycles. The molecule has 0 spiro atoms. The molecule has 0 aliphatic rings. The minimum absolute atomic E-state index is 0.657. The number of anilines is 2. The van der Waals surface area contributed by atoms with E-state index in [1.165, 1.54) is 47.8 Å². The predicted octanol–water partition coefficient (Wildman–Crippen LogP) is 7.09. The summed E-state index contributed by atoms with van der Waals surface area (Å²) >= 11 is 1.73. The van der Waals surface area contributed by atoms with Crippen LogP contribution in [0.5, 0.6) is 0 Å². The van der Waals surface area contributed by atoms with Gasteiger partial charge in [0.15, 0.2) is 6.71 Å². The second-order valence-electron chi connectivity index (χ2n) is 8.39. The van der Waals surface area contributed by atoms with E-state index in [-0.39, 0.29) is 0 Å². The van der Waals surface area contributed by atoms with Crippen molar-refractivity contribution < 1.29 is 4.79 Å². The summed E-state index contributed by atoms with van der Waals surface area (Å²) in [6.07, 6.45) is 7.22. The van der Waals surface area contributed by atoms with Gasteiger partial charge in [0.05, 0.1) is 11.4 Å². The molecule has 3 aromatic rings. The van der Waals surface area contributed by atoms with E-state index in [1.807, 2.05) is 31.3 Å². The van der Waals surface area contributed by atoms with Gasteiger partial charge in [-0.05, 0) is 35.1 Å². The fraction of sp³-hybridized carbons (Fsp3) is 0.370. The van der Waals surface area contributed by atoms with Crippen LogP contribution in [0.15, 0.2) is 60.0 Å². The van der Waals surface area contributed by atoms with E-state index in [4.69, 9.17) is 5.73 Å². The van der Waals surface area contributed by atoms with Crippen molar-refractivity contribution >= 4 is 41.2 Å². The standard InChI is InChI=1S/C16H25BO.C11H12N2S/c1-4-11-17(12-10-14(3)5-2)16-8-6-15(13-18)7-9-16;1-13-10-7-8(4-5-9(10)12)11-3-2-6-14-11/h6-9,13-14H,4-5,10-12H2,1-3H3;2-7,13H,12H2,1H3. The Morgan fingerprint density at radius 2 is 1.84 bits per heavy atom. The summed E-state index contributed by atoms with van der Waals surface area (Å²) in [6, 6.07) is 18.3. The van der Waals surface area contributed by atoms with Gasteiger partial charge < -0.3 is 11.1 Å². The summed E-state index contributed by atoms with van der Waals surface area (Å²) in [4.78, 5) is 11.9. The van der Waals surface area contributed by atoms with Crippen LogP contribution in [0, 0.1) is 5.92 Å². The molecule has 3 nitrogen and oxygen atoms in total. The number of benzene rings is 2. The van der Waals surface area contributed by atoms with Gasteiger partial charge in [0.1, 0.15) is 6.29 Å². The first kappa shape index (κ1) is 25.7. The van der Waals surface area contributed by atoms with Crippen molar-refractivity contribution in [2.24, 2.45) is 5.92 Å². The lowest BCUT2D eigenvalue weighted by Crippen LogP contribution is -2.30. The first-order valence-electron chi connectivity index (χ1n) is 11.7. The first-order chi connectivity index (χ1) is 15.5. The molecule has 0 aliphatic heterocycles. The molecule has 32 heavy (non-hydrogen) atoms. The molecule has 1 atom stereocenters. The Labute approximate surface area is 198 Å². The molecule has 3 rings (SSSR count). The summed E-state index contributed by atoms with van der Waals surface area (Å²) in [5, 5.41) is 5.15. The van der Waals surface area contributed by atoms with Crippen LogP contribution in [-0.2, 0) is 0 Å². The Morgan fingerprint density at radius 3 is 2.41 bits per heavy atom. The van der Waals surface area contributed by atoms with Gasteiger partial charge in [-0.25, -0.2) is 0 Å². The van der Waals surface area contributed by atoms with Gasteiger partial charge in [0.2, 0.25) is 0 Å². The van der Waals surface area contributed by atoms with Crippen molar-refractivity contribution in [1.29, 1.82) is 0 Å². The smallest absolute Gasteiger partial charge is 0.175 e. The summed E-state index contributed by atoms with van der Waals surface area (Å²) < 4.78 is 0. The molecule has 0 radical (unpaired) electrons. The first-order valence-corrected chi connectivity index (χ1v) is 12.6. The number of hydrogen-bond acceptors (Lipinski definition) is 4. The lowest BCUT2D eigenvalue weighted by Gasteiger charge is -2.16. The number of nitrogens with two attached hydrogens (primary N) is 1. The Bertz CT molecular complexity index is 925. The van der Waals surface area contributed by atoms with Crippen LogP contribution in [0.25, 0.3) is 10.4 Å². The van der Waals surface area contributed by atoms with Crippen molar-refractivity contribution in [3.05, 3.63) is 65.5 Å². The molecule has 0 fully saturated rings. The molecule has 1 unspecified atom stereocenters. The third-order valence-corrected chi connectivity index (χ3v) is 6.93. The van der Waals surface area contributed by atoms with Crippen molar-refractivity contribution in [3.8, 4) is 10.4 Å². The van der Waals surface area contributed by atoms with Crippen LogP contribution in [0.1, 0.15) is 50.4 Å². The zero-order valence-corrected chi connectivity index (χ0v) is 20.8. The maximum absolute atomic E-state index is 10.7. The maximum Gasteiger partial charge on any atom is 0.175 e. The third-order valence-electron chi connectivity index (χ3n) is 6.01. The van der Waals surface area contributed by atoms with Crippen LogP contribution in [0.2, 0.25) is 12.6 Å². The van der Waals surface area contributed by atoms with E-state index in [2.05, 4.69) is 61.8 Å². The van der Waals surface area contributed by atoms with Gasteiger partial charge >= 0.3 is 0 Å². The monoisotopic (exact) mass is 448 g/mol. The molecule has 0 bridgehead atoms. The number of nitrogens with one attached hydrogen (secondary N) is 1. The Morgan fingerprint density at radius 1 is 1.09 bits per heavy atom. The average Bonchev–Trinajstić information content (AvgIpc) is 3.37. The van der Waals surface area contributed by atoms with Crippen LogP contribution < -0.4 is 16.5 Å². The molecule has 0 amide bonds. The number of thiophene rings is 1. The van der Waals surface area contributed by atoms with Gasteiger partial charge in [-0.15, -0.1) is 11.3 Å². The molecule has 1 aromatic heterocycles. The molecule has 3 N–H and O–H groups in total. The summed E-state index contributed by atoms with van der Waals surface area (Å²) in [7, 11) is 1.88. The topological polar surface area (TPSA) is 55.1 Å². The third kappa shape index (κ3) is 7.87. The lowest BCUT2D eigenvalue weighted by atomic mass is 9.39. The zero-order chi connectivity index (χ0) is 23.3. The van der Waals surface area contributed by atoms with E-state index in [1.54, 1.807) is 11.3 Å². The van der Waals surface area contributed by atoms with E-state index >= 15 is 0 Å². The molecule has 0 aliphatic carbocycles. The van der Waals surface area contributed by atoms with Crippen molar-refractivity contribution in [2.75, 3.05) is 18.1 Å². The summed E-state index contributed by atoms with van der Waals surface area (Å²) in [5.41, 5.74) is 10.9. The van der Waals surface area contributed by atoms with Crippen LogP contribution >= 0.6 is 11.3 Å². The van der Waals surface area contributed by atoms with Crippen molar-refractivity contribution in [3.63, 3.8) is 0 Å². The number of nitrogen functional groups attached to an aromatic ring is 1. The SMILES string of the molecule is CCCB(CCC(C)CC)c1ccc(C=O)cc1.CNc1cc(-c2cccs2)ccc1N. The van der Waals surface area contributed by atoms with E-state index in [0.717, 1.165) is 29.1 Å². The maximum atomic E-state index is 10.7. The van der Waals surface area contributed by atoms with Crippen molar-refractivity contribution in [1.82, 2.24) is 0 Å². The molecule has 0 saturated carbocycles. The molecule has 0 saturated heterocycles. The second-order valence-corrected chi connectivity index (χ2v) is 9.34. The zero-order valence-electron chi connectivity index (χ0n) is 19.9. The number of rotatable bonds is 10. The molecular weight excluding hydrogens is 411 g/mol. The van der Waals surface area contributed by atoms with Crippen LogP contribution in [0.3, 0.4) is 0 Å². The van der Waals surface area contributed by atoms with Crippen molar-refractivity contribution in [2.45, 2.75) is 52.7 Å². The normalized spacial score (nSPS) is 11.2. The van der Waals surface area contributed by atoms with Gasteiger partial charge in [-0.1, -0.05) is 94.5 Å². The minimum atomic E-state index is 0.657. The summed E-state index contributed by atoms with van der Waals surface area (Å²) in [6.45, 7) is 7.50. The largest absolute Gasteiger partial charge is 0.397 e. The molecule has 5 heteroatoms. The van der Waals surface area contributed by atoms with Crippen LogP contribution in [-0.4, -0.2) is 20.0 Å². The predicted molar refractivity (Wildman–Crippen MR) is 145 cm³/mol. The highest BCUT2D eigenvalue weighted by Gasteiger charge is 2.16. The molecule has 170 valence electrons. The van der Waals surface area contributed by atoms with Gasteiger partial charge in [0, 0.05) is 17.5 Å². The quantitative estimate of drug-likeness (QED) is 0.198. The fourth-order valence-corrected chi connectivity index (χ4v) is 4.46. The van der Waals surface area contributed by atoms with E-state index in [0.29, 0.717) is 6.71 Å². The summed E-state index contributed by atoms with van der Waals surface area (Å²) in [5.74, 6) is 0.818. The van der Waals surface area contributed by atoms with Gasteiger partial charge in [-0.2, -0.15) is 0 Å². The highest BCUT2D eigenvalue weighted by Crippen LogP contribution is 2.29. The van der Waals surface area contributed by atoms with E-state index < -0.39 is 0 Å². The van der Waals surface area contributed by atoms with Gasteiger partial charge in [-0.3, -0.25) is 4.79 Å². The fourth-order valence-electron chi connectivity index (χ4n) is 3.73. The highest BCUT2D eigenvalue weighted by atomic mass is 32.1. The number of hydrogen-bond donors (Lipinski definition) is 2. The molecular formula is C27H37BN2OS. The molecule has 2 aromatic carbocycles. The second kappa shape index (κ2) is 13.8. The Hall–Kier alpha value is -2.53. The van der Waals surface area contributed by atoms with Gasteiger partial charge in [0.25, 0.3) is 0 Å². The Kier molecular flexibility index (Phi) is 11.1. The Balaban J connectivity index is 0.000000233. The average molecular weight is 448 g/mol. The lowest BCUT2D eigenvalue weighted by molar-refractivity contribution is 0.112. The van der Waals surface area contributed by atoms with Crippen LogP contribution in [0.4, 0.5) is 11.4 Å². The number of carbonyl (C=O) groups is 1. The van der Waals surface area contributed by atoms with E-state index in [9.17, 15) is 4.79 Å². The highest BCUT2D eigenvalue weighted by molar-refractivity contribution is 7.13. The number of aldehydes is 1. The minimum Gasteiger partial charge on any atom is -0.397 e.